The SMILES string of the molecule is COc1ccc2c(c1)nc(CNCc1cccc3ccccc13)n2Cc1ccccc1. The van der Waals surface area contributed by atoms with E-state index in [1.807, 2.05) is 18.2 Å². The predicted molar refractivity (Wildman–Crippen MR) is 126 cm³/mol. The van der Waals surface area contributed by atoms with Crippen molar-refractivity contribution in [3.8, 4) is 5.75 Å². The lowest BCUT2D eigenvalue weighted by Crippen LogP contribution is -2.17. The first-order valence-corrected chi connectivity index (χ1v) is 10.6. The van der Waals surface area contributed by atoms with Crippen molar-refractivity contribution in [3.05, 3.63) is 108 Å². The standard InChI is InChI=1S/C27H25N3O/c1-31-23-14-15-26-25(16-23)29-27(30(26)19-20-8-3-2-4-9-20)18-28-17-22-12-7-11-21-10-5-6-13-24(21)22/h2-16,28H,17-19H2,1H3. The molecule has 0 aliphatic rings. The highest BCUT2D eigenvalue weighted by Gasteiger charge is 2.12. The fourth-order valence-electron chi connectivity index (χ4n) is 4.12. The van der Waals surface area contributed by atoms with Crippen molar-refractivity contribution in [3.63, 3.8) is 0 Å². The molecule has 4 aromatic carbocycles. The number of nitrogens with zero attached hydrogens (tertiary/aromatic N) is 2. The van der Waals surface area contributed by atoms with Crippen molar-refractivity contribution in [2.75, 3.05) is 7.11 Å². The van der Waals surface area contributed by atoms with Crippen molar-refractivity contribution in [1.29, 1.82) is 0 Å². The van der Waals surface area contributed by atoms with Gasteiger partial charge in [-0.25, -0.2) is 4.98 Å². The lowest BCUT2D eigenvalue weighted by Gasteiger charge is -2.12. The Morgan fingerprint density at radius 2 is 1.65 bits per heavy atom. The Kier molecular flexibility index (Phi) is 5.38. The number of methoxy groups -OCH3 is 1. The Morgan fingerprint density at radius 3 is 2.52 bits per heavy atom. The second-order valence-corrected chi connectivity index (χ2v) is 7.70. The lowest BCUT2D eigenvalue weighted by molar-refractivity contribution is 0.415. The highest BCUT2D eigenvalue weighted by Crippen LogP contribution is 2.23. The van der Waals surface area contributed by atoms with Crippen molar-refractivity contribution in [1.82, 2.24) is 14.9 Å². The van der Waals surface area contributed by atoms with Crippen LogP contribution in [0.5, 0.6) is 5.75 Å². The van der Waals surface area contributed by atoms with E-state index in [9.17, 15) is 0 Å². The molecule has 31 heavy (non-hydrogen) atoms. The van der Waals surface area contributed by atoms with Gasteiger partial charge in [-0.05, 0) is 34.0 Å². The molecule has 0 aliphatic carbocycles. The van der Waals surface area contributed by atoms with Gasteiger partial charge < -0.3 is 14.6 Å². The smallest absolute Gasteiger partial charge is 0.124 e. The molecule has 0 saturated carbocycles. The van der Waals surface area contributed by atoms with Gasteiger partial charge in [0.05, 0.1) is 24.7 Å². The molecule has 5 aromatic rings. The maximum Gasteiger partial charge on any atom is 0.124 e. The lowest BCUT2D eigenvalue weighted by atomic mass is 10.0. The van der Waals surface area contributed by atoms with Gasteiger partial charge in [0, 0.05) is 19.2 Å². The predicted octanol–water partition coefficient (Wildman–Crippen LogP) is 5.54. The van der Waals surface area contributed by atoms with E-state index in [0.29, 0.717) is 6.54 Å². The monoisotopic (exact) mass is 407 g/mol. The summed E-state index contributed by atoms with van der Waals surface area (Å²) in [4.78, 5) is 4.93. The van der Waals surface area contributed by atoms with Crippen LogP contribution in [0.15, 0.2) is 91.0 Å². The Labute approximate surface area is 182 Å². The molecule has 0 spiro atoms. The van der Waals surface area contributed by atoms with E-state index in [1.54, 1.807) is 7.11 Å². The zero-order valence-electron chi connectivity index (χ0n) is 17.6. The second kappa shape index (κ2) is 8.62. The van der Waals surface area contributed by atoms with Crippen LogP contribution in [-0.2, 0) is 19.6 Å². The molecule has 1 heterocycles. The molecule has 1 aromatic heterocycles. The van der Waals surface area contributed by atoms with Crippen molar-refractivity contribution < 1.29 is 4.74 Å². The Bertz CT molecular complexity index is 1320. The normalized spacial score (nSPS) is 11.3. The number of hydrogen-bond acceptors (Lipinski definition) is 3. The minimum Gasteiger partial charge on any atom is -0.497 e. The van der Waals surface area contributed by atoms with Crippen LogP contribution in [0.3, 0.4) is 0 Å². The summed E-state index contributed by atoms with van der Waals surface area (Å²) >= 11 is 0. The largest absolute Gasteiger partial charge is 0.497 e. The molecule has 4 heteroatoms. The molecule has 0 radical (unpaired) electrons. The second-order valence-electron chi connectivity index (χ2n) is 7.70. The number of fused-ring (bicyclic) bond motifs is 2. The minimum absolute atomic E-state index is 0.688. The van der Waals surface area contributed by atoms with Crippen LogP contribution in [0.4, 0.5) is 0 Å². The van der Waals surface area contributed by atoms with E-state index < -0.39 is 0 Å². The van der Waals surface area contributed by atoms with Crippen molar-refractivity contribution in [2.45, 2.75) is 19.6 Å². The first-order chi connectivity index (χ1) is 15.3. The maximum absolute atomic E-state index is 5.40. The van der Waals surface area contributed by atoms with Crippen LogP contribution < -0.4 is 10.1 Å². The Balaban J connectivity index is 1.43. The van der Waals surface area contributed by atoms with Gasteiger partial charge in [0.25, 0.3) is 0 Å². The topological polar surface area (TPSA) is 39.1 Å². The summed E-state index contributed by atoms with van der Waals surface area (Å²) in [6, 6.07) is 31.6. The molecular weight excluding hydrogens is 382 g/mol. The number of ether oxygens (including phenoxy) is 1. The van der Waals surface area contributed by atoms with Gasteiger partial charge >= 0.3 is 0 Å². The number of hydrogen-bond donors (Lipinski definition) is 1. The van der Waals surface area contributed by atoms with E-state index in [2.05, 4.69) is 82.7 Å². The minimum atomic E-state index is 0.688. The van der Waals surface area contributed by atoms with Gasteiger partial charge in [-0.2, -0.15) is 0 Å². The summed E-state index contributed by atoms with van der Waals surface area (Å²) in [7, 11) is 1.69. The van der Waals surface area contributed by atoms with Gasteiger partial charge in [0.15, 0.2) is 0 Å². The van der Waals surface area contributed by atoms with Crippen LogP contribution >= 0.6 is 0 Å². The fraction of sp³-hybridized carbons (Fsp3) is 0.148. The summed E-state index contributed by atoms with van der Waals surface area (Å²) in [5, 5.41) is 6.17. The number of nitrogens with one attached hydrogen (secondary N) is 1. The van der Waals surface area contributed by atoms with Gasteiger partial charge in [-0.3, -0.25) is 0 Å². The average molecular weight is 408 g/mol. The molecule has 5 rings (SSSR count). The van der Waals surface area contributed by atoms with Crippen LogP contribution in [-0.4, -0.2) is 16.7 Å². The first-order valence-electron chi connectivity index (χ1n) is 10.6. The summed E-state index contributed by atoms with van der Waals surface area (Å²) < 4.78 is 7.70. The van der Waals surface area contributed by atoms with Crippen molar-refractivity contribution in [2.24, 2.45) is 0 Å². The molecule has 0 bridgehead atoms. The maximum atomic E-state index is 5.40. The zero-order chi connectivity index (χ0) is 21.0. The van der Waals surface area contributed by atoms with Gasteiger partial charge in [0.1, 0.15) is 11.6 Å². The van der Waals surface area contributed by atoms with Gasteiger partial charge in [-0.1, -0.05) is 72.8 Å². The highest BCUT2D eigenvalue weighted by atomic mass is 16.5. The number of imidazole rings is 1. The summed E-state index contributed by atoms with van der Waals surface area (Å²) in [5.74, 6) is 1.85. The highest BCUT2D eigenvalue weighted by molar-refractivity contribution is 5.85. The molecule has 0 fully saturated rings. The van der Waals surface area contributed by atoms with Crippen LogP contribution in [0, 0.1) is 0 Å². The summed E-state index contributed by atoms with van der Waals surface area (Å²) in [6.45, 7) is 2.27. The zero-order valence-corrected chi connectivity index (χ0v) is 17.6. The molecule has 0 saturated heterocycles. The summed E-state index contributed by atoms with van der Waals surface area (Å²) in [5.41, 5.74) is 4.63. The molecule has 0 unspecified atom stereocenters. The van der Waals surface area contributed by atoms with E-state index >= 15 is 0 Å². The molecule has 0 amide bonds. The Morgan fingerprint density at radius 1 is 0.839 bits per heavy atom. The molecular formula is C27H25N3O. The van der Waals surface area contributed by atoms with Gasteiger partial charge in [0.2, 0.25) is 0 Å². The quantitative estimate of drug-likeness (QED) is 0.385. The first kappa shape index (κ1) is 19.3. The molecule has 154 valence electrons. The third kappa shape index (κ3) is 4.03. The van der Waals surface area contributed by atoms with Gasteiger partial charge in [-0.15, -0.1) is 0 Å². The average Bonchev–Trinajstić information content (AvgIpc) is 3.16. The third-order valence-electron chi connectivity index (χ3n) is 5.70. The van der Waals surface area contributed by atoms with Crippen LogP contribution in [0.2, 0.25) is 0 Å². The van der Waals surface area contributed by atoms with Crippen LogP contribution in [0.25, 0.3) is 21.8 Å². The molecule has 1 N–H and O–H groups in total. The number of aromatic nitrogens is 2. The Hall–Kier alpha value is -3.63. The van der Waals surface area contributed by atoms with Crippen LogP contribution in [0.1, 0.15) is 17.0 Å². The number of rotatable bonds is 7. The van der Waals surface area contributed by atoms with Crippen molar-refractivity contribution >= 4 is 21.8 Å². The molecule has 0 atom stereocenters. The van der Waals surface area contributed by atoms with E-state index in [0.717, 1.165) is 35.7 Å². The summed E-state index contributed by atoms with van der Waals surface area (Å²) in [6.07, 6.45) is 0. The molecule has 4 nitrogen and oxygen atoms in total. The van der Waals surface area contributed by atoms with E-state index in [4.69, 9.17) is 9.72 Å². The number of benzene rings is 4. The fourth-order valence-corrected chi connectivity index (χ4v) is 4.12. The van der Waals surface area contributed by atoms with E-state index in [1.165, 1.54) is 21.9 Å². The molecule has 0 aliphatic heterocycles. The third-order valence-corrected chi connectivity index (χ3v) is 5.70. The van der Waals surface area contributed by atoms with E-state index in [-0.39, 0.29) is 0 Å².